The quantitative estimate of drug-likeness (QED) is 0.0798. The van der Waals surface area contributed by atoms with Gasteiger partial charge in [0.05, 0.1) is 12.5 Å². The average molecular weight is 675 g/mol. The highest BCUT2D eigenvalue weighted by molar-refractivity contribution is 5.90. The van der Waals surface area contributed by atoms with Gasteiger partial charge < -0.3 is 53.7 Å². The maximum absolute atomic E-state index is 11.6. The van der Waals surface area contributed by atoms with Crippen molar-refractivity contribution in [2.24, 2.45) is 5.92 Å². The van der Waals surface area contributed by atoms with Gasteiger partial charge in [0.25, 0.3) is 0 Å². The molecule has 4 heterocycles. The van der Waals surface area contributed by atoms with E-state index in [1.165, 1.54) is 0 Å². The monoisotopic (exact) mass is 674 g/mol. The van der Waals surface area contributed by atoms with Gasteiger partial charge in [0.1, 0.15) is 48.9 Å². The van der Waals surface area contributed by atoms with E-state index in [4.69, 9.17) is 43.3 Å². The molecule has 4 aliphatic rings. The number of rotatable bonds is 13. The molecule has 7 atom stereocenters. The van der Waals surface area contributed by atoms with Crippen LogP contribution in [0.3, 0.4) is 0 Å². The summed E-state index contributed by atoms with van der Waals surface area (Å²) < 4.78 is 34.9. The van der Waals surface area contributed by atoms with E-state index >= 15 is 0 Å². The van der Waals surface area contributed by atoms with E-state index in [1.54, 1.807) is 12.1 Å². The van der Waals surface area contributed by atoms with E-state index in [2.05, 4.69) is 20.8 Å². The first-order chi connectivity index (χ1) is 23.0. The lowest BCUT2D eigenvalue weighted by atomic mass is 9.86. The number of carbonyl (C=O) groups excluding carboxylic acids is 1. The van der Waals surface area contributed by atoms with E-state index in [9.17, 15) is 24.9 Å². The van der Waals surface area contributed by atoms with Crippen LogP contribution in [0.2, 0.25) is 0 Å². The molecular weight excluding hydrogens is 632 g/mol. The molecule has 0 saturated carbocycles. The summed E-state index contributed by atoms with van der Waals surface area (Å²) in [5.41, 5.74) is 3.61. The number of hydrogen-bond acceptors (Lipinski definition) is 13. The number of benzene rings is 2. The van der Waals surface area contributed by atoms with E-state index in [0.29, 0.717) is 30.4 Å². The Balaban J connectivity index is 1.22. The van der Waals surface area contributed by atoms with Crippen LogP contribution in [0, 0.1) is 5.92 Å². The summed E-state index contributed by atoms with van der Waals surface area (Å²) >= 11 is 0. The summed E-state index contributed by atoms with van der Waals surface area (Å²) in [4.78, 5) is 33.5. The highest BCUT2D eigenvalue weighted by Gasteiger charge is 2.47. The molecule has 2 aromatic rings. The minimum absolute atomic E-state index is 0.125. The van der Waals surface area contributed by atoms with Crippen molar-refractivity contribution >= 4 is 11.9 Å². The largest absolute Gasteiger partial charge is 0.492 e. The van der Waals surface area contributed by atoms with Gasteiger partial charge in [0.2, 0.25) is 6.79 Å². The topological polar surface area (TPSA) is 189 Å². The molecule has 0 amide bonds. The fourth-order valence-corrected chi connectivity index (χ4v) is 6.62. The van der Waals surface area contributed by atoms with Crippen molar-refractivity contribution < 1.29 is 68.2 Å². The first-order valence-electron chi connectivity index (χ1n) is 16.4. The van der Waals surface area contributed by atoms with E-state index in [1.807, 2.05) is 6.07 Å². The zero-order valence-electron chi connectivity index (χ0n) is 27.1. The van der Waals surface area contributed by atoms with Crippen molar-refractivity contribution in [1.29, 1.82) is 0 Å². The number of carboxylic acid groups (broad SMARTS) is 1. The molecule has 0 spiro atoms. The second kappa shape index (κ2) is 14.3. The van der Waals surface area contributed by atoms with Crippen LogP contribution < -0.4 is 23.8 Å². The van der Waals surface area contributed by atoms with Gasteiger partial charge in [-0.15, -0.1) is 0 Å². The van der Waals surface area contributed by atoms with Crippen LogP contribution in [0.25, 0.3) is 0 Å². The van der Waals surface area contributed by atoms with Gasteiger partial charge in [-0.1, -0.05) is 33.6 Å². The Labute approximate surface area is 277 Å². The maximum Gasteiger partial charge on any atom is 0.317 e. The second-order valence-electron chi connectivity index (χ2n) is 13.0. The van der Waals surface area contributed by atoms with Gasteiger partial charge in [-0.3, -0.25) is 9.59 Å². The van der Waals surface area contributed by atoms with Gasteiger partial charge >= 0.3 is 11.9 Å². The van der Waals surface area contributed by atoms with Crippen LogP contribution >= 0.6 is 0 Å². The van der Waals surface area contributed by atoms with Crippen molar-refractivity contribution in [2.75, 3.05) is 20.0 Å². The first kappa shape index (κ1) is 34.1. The summed E-state index contributed by atoms with van der Waals surface area (Å²) in [5, 5.41) is 40.7. The summed E-state index contributed by atoms with van der Waals surface area (Å²) in [6.07, 6.45) is -4.91. The Bertz CT molecular complexity index is 1510. The third kappa shape index (κ3) is 6.85. The van der Waals surface area contributed by atoms with Gasteiger partial charge in [0.15, 0.2) is 29.6 Å². The van der Waals surface area contributed by atoms with Crippen LogP contribution in [0.1, 0.15) is 80.7 Å². The minimum Gasteiger partial charge on any atom is -0.492 e. The number of unbranched alkanes of at least 4 members (excludes halogenated alkanes) is 2. The number of aliphatic hydroxyl groups excluding tert-OH is 3. The summed E-state index contributed by atoms with van der Waals surface area (Å²) in [5.74, 6) is 0.931. The maximum atomic E-state index is 11.6. The SMILES string of the molecule is CCCCCc1cc(OO[C@@H]2[C@@H](O)[C@H](O)[C@@H](COC(=O)CC(=O)O)O[C@H]2O)cc2c1OC[C@@H]1c3cc4c(c(CC(C)C)c3O[C@H]21)OCO4. The molecule has 4 N–H and O–H groups in total. The molecule has 14 heteroatoms. The Morgan fingerprint density at radius 1 is 0.979 bits per heavy atom. The number of aliphatic carboxylic acids is 1. The molecular formula is C34H42O14. The molecule has 0 aromatic heterocycles. The fraction of sp³-hybridized carbons (Fsp3) is 0.588. The molecule has 1 fully saturated rings. The molecule has 0 bridgehead atoms. The van der Waals surface area contributed by atoms with Crippen LogP contribution in [-0.4, -0.2) is 83.1 Å². The van der Waals surface area contributed by atoms with Gasteiger partial charge in [-0.2, -0.15) is 4.89 Å². The summed E-state index contributed by atoms with van der Waals surface area (Å²) in [7, 11) is 0. The third-order valence-corrected chi connectivity index (χ3v) is 8.91. The molecule has 0 radical (unpaired) electrons. The van der Waals surface area contributed by atoms with Crippen molar-refractivity contribution in [1.82, 2.24) is 0 Å². The van der Waals surface area contributed by atoms with Crippen LogP contribution in [0.5, 0.6) is 28.7 Å². The second-order valence-corrected chi connectivity index (χ2v) is 13.0. The zero-order valence-corrected chi connectivity index (χ0v) is 27.1. The number of ether oxygens (including phenoxy) is 6. The number of carboxylic acids is 1. The smallest absolute Gasteiger partial charge is 0.317 e. The van der Waals surface area contributed by atoms with Crippen molar-refractivity contribution in [2.45, 2.75) is 102 Å². The third-order valence-electron chi connectivity index (χ3n) is 8.91. The van der Waals surface area contributed by atoms with Crippen LogP contribution in [0.15, 0.2) is 18.2 Å². The van der Waals surface area contributed by atoms with Crippen LogP contribution in [-0.2, 0) is 36.8 Å². The molecule has 0 unspecified atom stereocenters. The molecule has 4 aliphatic heterocycles. The first-order valence-corrected chi connectivity index (χ1v) is 16.4. The van der Waals surface area contributed by atoms with Crippen molar-refractivity contribution in [3.05, 3.63) is 40.5 Å². The zero-order chi connectivity index (χ0) is 34.1. The molecule has 14 nitrogen and oxygen atoms in total. The average Bonchev–Trinajstić information content (AvgIpc) is 3.67. The summed E-state index contributed by atoms with van der Waals surface area (Å²) in [6, 6.07) is 5.50. The Morgan fingerprint density at radius 2 is 1.79 bits per heavy atom. The standard InChI is InChI=1S/C34H42O14/c1-4-5-6-7-17-9-18(47-48-33-28(39)27(38)24(45-34(33)40)14-41-26(37)12-25(35)36)10-21-29(17)42-13-22-19-11-23-32(44-15-43-23)20(8-16(2)3)30(19)46-31(21)22/h9-11,16,22,24,27-28,31,33-34,38-40H,4-8,12-15H2,1-3H3,(H,35,36)/t22-,24-,27-,28+,31-,33-,34-/m1/s1. The number of carbonyl (C=O) groups is 2. The van der Waals surface area contributed by atoms with Crippen LogP contribution in [0.4, 0.5) is 0 Å². The van der Waals surface area contributed by atoms with Gasteiger partial charge in [-0.05, 0) is 48.9 Å². The Hall–Kier alpha value is -3.82. The lowest BCUT2D eigenvalue weighted by Gasteiger charge is -2.39. The highest BCUT2D eigenvalue weighted by Crippen LogP contribution is 2.57. The van der Waals surface area contributed by atoms with E-state index in [-0.39, 0.29) is 18.5 Å². The van der Waals surface area contributed by atoms with Gasteiger partial charge in [0, 0.05) is 16.7 Å². The molecule has 1 saturated heterocycles. The molecule has 2 aromatic carbocycles. The number of aliphatic hydroxyl groups is 3. The van der Waals surface area contributed by atoms with Crippen molar-refractivity contribution in [3.8, 4) is 28.7 Å². The Kier molecular flexibility index (Phi) is 10.2. The fourth-order valence-electron chi connectivity index (χ4n) is 6.62. The van der Waals surface area contributed by atoms with E-state index in [0.717, 1.165) is 59.4 Å². The Morgan fingerprint density at radius 3 is 2.54 bits per heavy atom. The normalized spacial score (nSPS) is 26.6. The lowest BCUT2D eigenvalue weighted by molar-refractivity contribution is -0.365. The predicted molar refractivity (Wildman–Crippen MR) is 164 cm³/mol. The predicted octanol–water partition coefficient (Wildman–Crippen LogP) is 3.09. The molecule has 0 aliphatic carbocycles. The van der Waals surface area contributed by atoms with E-state index < -0.39 is 61.8 Å². The lowest BCUT2D eigenvalue weighted by Crippen LogP contribution is -2.59. The number of fused-ring (bicyclic) bond motifs is 6. The minimum atomic E-state index is -1.78. The molecule has 262 valence electrons. The molecule has 48 heavy (non-hydrogen) atoms. The highest BCUT2D eigenvalue weighted by atomic mass is 17.2. The number of hydrogen-bond donors (Lipinski definition) is 4. The van der Waals surface area contributed by atoms with Crippen molar-refractivity contribution in [3.63, 3.8) is 0 Å². The molecule has 6 rings (SSSR count). The van der Waals surface area contributed by atoms with Gasteiger partial charge in [-0.25, -0.2) is 0 Å². The summed E-state index contributed by atoms with van der Waals surface area (Å²) in [6.45, 7) is 6.36. The number of aryl methyl sites for hydroxylation is 1. The number of esters is 1.